The number of rotatable bonds is 4. The molecular formula is C14H15NO2S2. The zero-order chi connectivity index (χ0) is 13.8. The summed E-state index contributed by atoms with van der Waals surface area (Å²) in [6.07, 6.45) is 2.03. The van der Waals surface area contributed by atoms with Crippen LogP contribution >= 0.6 is 23.1 Å². The first-order valence-electron chi connectivity index (χ1n) is 5.85. The lowest BCUT2D eigenvalue weighted by molar-refractivity contribution is 0.0529. The second kappa shape index (κ2) is 6.12. The molecule has 0 saturated heterocycles. The predicted octanol–water partition coefficient (Wildman–Crippen LogP) is 3.90. The van der Waals surface area contributed by atoms with Crippen LogP contribution in [-0.2, 0) is 4.74 Å². The summed E-state index contributed by atoms with van der Waals surface area (Å²) in [6, 6.07) is 8.05. The van der Waals surface area contributed by atoms with Gasteiger partial charge in [-0.15, -0.1) is 23.1 Å². The van der Waals surface area contributed by atoms with Gasteiger partial charge in [0.2, 0.25) is 0 Å². The summed E-state index contributed by atoms with van der Waals surface area (Å²) in [4.78, 5) is 13.1. The molecule has 0 aliphatic heterocycles. The molecule has 0 saturated carbocycles. The van der Waals surface area contributed by atoms with E-state index in [1.165, 1.54) is 16.2 Å². The van der Waals surface area contributed by atoms with Crippen molar-refractivity contribution in [1.82, 2.24) is 0 Å². The number of carbonyl (C=O) groups is 1. The van der Waals surface area contributed by atoms with Crippen LogP contribution in [0.5, 0.6) is 0 Å². The van der Waals surface area contributed by atoms with Crippen molar-refractivity contribution in [1.29, 1.82) is 0 Å². The van der Waals surface area contributed by atoms with E-state index < -0.39 is 0 Å². The molecule has 2 aromatic rings. The van der Waals surface area contributed by atoms with Gasteiger partial charge in [0.05, 0.1) is 6.61 Å². The van der Waals surface area contributed by atoms with Gasteiger partial charge in [0.25, 0.3) is 0 Å². The molecule has 100 valence electrons. The fraction of sp³-hybridized carbons (Fsp3) is 0.214. The fourth-order valence-electron chi connectivity index (χ4n) is 1.77. The van der Waals surface area contributed by atoms with Crippen molar-refractivity contribution in [2.24, 2.45) is 0 Å². The summed E-state index contributed by atoms with van der Waals surface area (Å²) in [7, 11) is 0. The Morgan fingerprint density at radius 3 is 2.63 bits per heavy atom. The Morgan fingerprint density at radius 2 is 2.05 bits per heavy atom. The van der Waals surface area contributed by atoms with Crippen LogP contribution in [0.3, 0.4) is 0 Å². The fourth-order valence-corrected chi connectivity index (χ4v) is 2.99. The first-order valence-corrected chi connectivity index (χ1v) is 7.96. The molecule has 1 heterocycles. The third kappa shape index (κ3) is 2.93. The van der Waals surface area contributed by atoms with Gasteiger partial charge in [0.1, 0.15) is 10.6 Å². The Kier molecular flexibility index (Phi) is 4.50. The molecule has 3 nitrogen and oxygen atoms in total. The highest BCUT2D eigenvalue weighted by Gasteiger charge is 2.19. The maximum absolute atomic E-state index is 11.9. The summed E-state index contributed by atoms with van der Waals surface area (Å²) >= 11 is 3.04. The zero-order valence-electron chi connectivity index (χ0n) is 10.8. The second-order valence-corrected chi connectivity index (χ2v) is 5.63. The molecule has 0 atom stereocenters. The van der Waals surface area contributed by atoms with E-state index in [2.05, 4.69) is 0 Å². The number of thiophene rings is 1. The van der Waals surface area contributed by atoms with E-state index in [1.807, 2.05) is 35.9 Å². The molecule has 19 heavy (non-hydrogen) atoms. The monoisotopic (exact) mass is 293 g/mol. The summed E-state index contributed by atoms with van der Waals surface area (Å²) in [6.45, 7) is 2.13. The van der Waals surface area contributed by atoms with E-state index >= 15 is 0 Å². The molecule has 0 radical (unpaired) electrons. The Morgan fingerprint density at radius 1 is 1.37 bits per heavy atom. The molecule has 2 N–H and O–H groups in total. The van der Waals surface area contributed by atoms with Gasteiger partial charge >= 0.3 is 5.97 Å². The molecule has 0 bridgehead atoms. The van der Waals surface area contributed by atoms with Gasteiger partial charge in [-0.25, -0.2) is 4.79 Å². The first-order chi connectivity index (χ1) is 9.17. The highest BCUT2D eigenvalue weighted by molar-refractivity contribution is 7.98. The number of nitrogen functional groups attached to an aromatic ring is 1. The molecule has 0 aliphatic rings. The third-order valence-corrected chi connectivity index (χ3v) is 4.26. The minimum Gasteiger partial charge on any atom is -0.462 e. The van der Waals surface area contributed by atoms with Crippen molar-refractivity contribution in [3.05, 3.63) is 35.2 Å². The normalized spacial score (nSPS) is 10.4. The van der Waals surface area contributed by atoms with Crippen LogP contribution in [0, 0.1) is 0 Å². The quantitative estimate of drug-likeness (QED) is 0.686. The van der Waals surface area contributed by atoms with Crippen LogP contribution in [0.15, 0.2) is 34.5 Å². The van der Waals surface area contributed by atoms with Crippen LogP contribution in [0.2, 0.25) is 0 Å². The largest absolute Gasteiger partial charge is 0.462 e. The SMILES string of the molecule is CCOC(=O)c1c(-c2ccc(SC)cc2)csc1N. The number of nitrogens with two attached hydrogens (primary N) is 1. The number of hydrogen-bond donors (Lipinski definition) is 1. The van der Waals surface area contributed by atoms with Gasteiger partial charge in [-0.3, -0.25) is 0 Å². The molecule has 2 rings (SSSR count). The van der Waals surface area contributed by atoms with Crippen LogP contribution < -0.4 is 5.73 Å². The van der Waals surface area contributed by atoms with Crippen molar-refractivity contribution in [2.45, 2.75) is 11.8 Å². The van der Waals surface area contributed by atoms with Crippen LogP contribution in [-0.4, -0.2) is 18.8 Å². The number of carbonyl (C=O) groups excluding carboxylic acids is 1. The van der Waals surface area contributed by atoms with E-state index in [1.54, 1.807) is 18.7 Å². The smallest absolute Gasteiger partial charge is 0.341 e. The van der Waals surface area contributed by atoms with Gasteiger partial charge in [0.15, 0.2) is 0 Å². The zero-order valence-corrected chi connectivity index (χ0v) is 12.4. The average molecular weight is 293 g/mol. The van der Waals surface area contributed by atoms with E-state index in [-0.39, 0.29) is 5.97 Å². The molecule has 0 fully saturated rings. The van der Waals surface area contributed by atoms with E-state index in [0.717, 1.165) is 11.1 Å². The highest BCUT2D eigenvalue weighted by atomic mass is 32.2. The standard InChI is InChI=1S/C14H15NO2S2/c1-3-17-14(16)12-11(8-19-13(12)15)9-4-6-10(18-2)7-5-9/h4-8H,3,15H2,1-2H3. The number of anilines is 1. The number of hydrogen-bond acceptors (Lipinski definition) is 5. The van der Waals surface area contributed by atoms with Gasteiger partial charge in [0, 0.05) is 15.8 Å². The molecule has 0 unspecified atom stereocenters. The van der Waals surface area contributed by atoms with Crippen LogP contribution in [0.4, 0.5) is 5.00 Å². The van der Waals surface area contributed by atoms with Crippen molar-refractivity contribution in [3.8, 4) is 11.1 Å². The van der Waals surface area contributed by atoms with Crippen molar-refractivity contribution >= 4 is 34.1 Å². The Hall–Kier alpha value is -1.46. The molecule has 1 aromatic carbocycles. The van der Waals surface area contributed by atoms with Crippen molar-refractivity contribution in [3.63, 3.8) is 0 Å². The van der Waals surface area contributed by atoms with E-state index in [0.29, 0.717) is 17.2 Å². The molecule has 0 aliphatic carbocycles. The van der Waals surface area contributed by atoms with Gasteiger partial charge in [-0.1, -0.05) is 12.1 Å². The minimum atomic E-state index is -0.356. The van der Waals surface area contributed by atoms with Crippen LogP contribution in [0.25, 0.3) is 11.1 Å². The van der Waals surface area contributed by atoms with Gasteiger partial charge in [-0.2, -0.15) is 0 Å². The van der Waals surface area contributed by atoms with Crippen LogP contribution in [0.1, 0.15) is 17.3 Å². The molecule has 0 amide bonds. The summed E-state index contributed by atoms with van der Waals surface area (Å²) in [5.74, 6) is -0.356. The van der Waals surface area contributed by atoms with Crippen molar-refractivity contribution < 1.29 is 9.53 Å². The number of ether oxygens (including phenoxy) is 1. The van der Waals surface area contributed by atoms with Gasteiger partial charge in [-0.05, 0) is 30.9 Å². The molecule has 1 aromatic heterocycles. The number of thioether (sulfide) groups is 1. The number of benzene rings is 1. The molecule has 0 spiro atoms. The van der Waals surface area contributed by atoms with E-state index in [9.17, 15) is 4.79 Å². The maximum Gasteiger partial charge on any atom is 0.341 e. The Balaban J connectivity index is 2.41. The lowest BCUT2D eigenvalue weighted by atomic mass is 10.0. The lowest BCUT2D eigenvalue weighted by Crippen LogP contribution is -2.07. The minimum absolute atomic E-state index is 0.346. The summed E-state index contributed by atoms with van der Waals surface area (Å²) in [5.41, 5.74) is 8.18. The predicted molar refractivity (Wildman–Crippen MR) is 81.9 cm³/mol. The summed E-state index contributed by atoms with van der Waals surface area (Å²) < 4.78 is 5.06. The van der Waals surface area contributed by atoms with Crippen molar-refractivity contribution in [2.75, 3.05) is 18.6 Å². The lowest BCUT2D eigenvalue weighted by Gasteiger charge is -2.06. The Labute approximate surface area is 120 Å². The topological polar surface area (TPSA) is 52.3 Å². The Bertz CT molecular complexity index is 576. The second-order valence-electron chi connectivity index (χ2n) is 3.84. The maximum atomic E-state index is 11.9. The number of esters is 1. The third-order valence-electron chi connectivity index (χ3n) is 2.70. The molecule has 5 heteroatoms. The molecular weight excluding hydrogens is 278 g/mol. The first kappa shape index (κ1) is 14.0. The highest BCUT2D eigenvalue weighted by Crippen LogP contribution is 2.34. The average Bonchev–Trinajstić information content (AvgIpc) is 2.81. The van der Waals surface area contributed by atoms with Gasteiger partial charge < -0.3 is 10.5 Å². The van der Waals surface area contributed by atoms with E-state index in [4.69, 9.17) is 10.5 Å². The summed E-state index contributed by atoms with van der Waals surface area (Å²) in [5, 5.41) is 2.40.